The number of hydrogen-bond acceptors (Lipinski definition) is 6. The molecule has 1 aliphatic heterocycles. The average Bonchev–Trinajstić information content (AvgIpc) is 2.76. The van der Waals surface area contributed by atoms with Gasteiger partial charge in [0.15, 0.2) is 5.78 Å². The molecule has 0 saturated carbocycles. The average molecular weight is 453 g/mol. The molecular weight excluding hydrogens is 420 g/mol. The minimum absolute atomic E-state index is 0.00605. The van der Waals surface area contributed by atoms with Gasteiger partial charge in [0.1, 0.15) is 40.4 Å². The number of Topliss-reactive ketones (excluding diaryl/α,β-unsaturated/α-hetero) is 1. The van der Waals surface area contributed by atoms with Gasteiger partial charge in [0.2, 0.25) is 0 Å². The van der Waals surface area contributed by atoms with Crippen LogP contribution in [0.4, 0.5) is 0 Å². The molecular formula is C27H32O6. The van der Waals surface area contributed by atoms with E-state index in [1.165, 1.54) is 25.9 Å². The van der Waals surface area contributed by atoms with Crippen LogP contribution in [0.25, 0.3) is 0 Å². The Morgan fingerprint density at radius 3 is 2.52 bits per heavy atom. The van der Waals surface area contributed by atoms with Crippen molar-refractivity contribution in [2.24, 2.45) is 5.92 Å². The number of aromatic hydroxyl groups is 2. The second-order valence-corrected chi connectivity index (χ2v) is 8.70. The number of ether oxygens (including phenoxy) is 3. The Kier molecular flexibility index (Phi) is 7.36. The first kappa shape index (κ1) is 24.2. The molecule has 0 bridgehead atoms. The molecule has 1 heterocycles. The Hall–Kier alpha value is -3.41. The number of benzene rings is 2. The van der Waals surface area contributed by atoms with Crippen molar-refractivity contribution in [2.75, 3.05) is 14.2 Å². The van der Waals surface area contributed by atoms with Crippen molar-refractivity contribution in [1.82, 2.24) is 0 Å². The van der Waals surface area contributed by atoms with Crippen molar-refractivity contribution < 1.29 is 29.2 Å². The lowest BCUT2D eigenvalue weighted by Gasteiger charge is -2.28. The van der Waals surface area contributed by atoms with Gasteiger partial charge in [-0.1, -0.05) is 23.8 Å². The summed E-state index contributed by atoms with van der Waals surface area (Å²) in [7, 11) is 3.03. The first-order valence-electron chi connectivity index (χ1n) is 10.9. The van der Waals surface area contributed by atoms with Crippen LogP contribution < -0.4 is 14.2 Å². The van der Waals surface area contributed by atoms with E-state index in [2.05, 4.69) is 12.7 Å². The SMILES string of the molecule is C=C(C)[C@@H](CC=C(C)C)Cc1c(OC)cc2c(c1O)C(=O)C[C@@H](c1ccc(OC)cc1O)O2. The highest BCUT2D eigenvalue weighted by molar-refractivity contribution is 6.03. The molecule has 0 saturated heterocycles. The predicted molar refractivity (Wildman–Crippen MR) is 128 cm³/mol. The Bertz CT molecular complexity index is 1090. The molecule has 2 aromatic carbocycles. The fourth-order valence-electron chi connectivity index (χ4n) is 4.05. The number of hydrogen-bond donors (Lipinski definition) is 2. The van der Waals surface area contributed by atoms with Crippen molar-refractivity contribution >= 4 is 5.78 Å². The summed E-state index contributed by atoms with van der Waals surface area (Å²) in [6, 6.07) is 6.49. The number of phenols is 2. The van der Waals surface area contributed by atoms with Crippen LogP contribution in [0.3, 0.4) is 0 Å². The van der Waals surface area contributed by atoms with Crippen LogP contribution in [0.5, 0.6) is 28.7 Å². The fraction of sp³-hybridized carbons (Fsp3) is 0.370. The molecule has 3 rings (SSSR count). The number of methoxy groups -OCH3 is 2. The number of carbonyl (C=O) groups is 1. The van der Waals surface area contributed by atoms with Crippen LogP contribution in [0.1, 0.15) is 61.2 Å². The highest BCUT2D eigenvalue weighted by atomic mass is 16.5. The van der Waals surface area contributed by atoms with Crippen molar-refractivity contribution in [3.63, 3.8) is 0 Å². The van der Waals surface area contributed by atoms with Gasteiger partial charge in [0.25, 0.3) is 0 Å². The monoisotopic (exact) mass is 452 g/mol. The van der Waals surface area contributed by atoms with Crippen LogP contribution in [-0.2, 0) is 6.42 Å². The van der Waals surface area contributed by atoms with E-state index in [1.807, 2.05) is 20.8 Å². The second-order valence-electron chi connectivity index (χ2n) is 8.70. The summed E-state index contributed by atoms with van der Waals surface area (Å²) in [4.78, 5) is 13.1. The molecule has 0 aromatic heterocycles. The number of ketones is 1. The van der Waals surface area contributed by atoms with Gasteiger partial charge in [-0.15, -0.1) is 0 Å². The van der Waals surface area contributed by atoms with Gasteiger partial charge in [-0.25, -0.2) is 0 Å². The maximum absolute atomic E-state index is 13.1. The summed E-state index contributed by atoms with van der Waals surface area (Å²) in [6.45, 7) is 10.2. The molecule has 176 valence electrons. The molecule has 6 nitrogen and oxygen atoms in total. The van der Waals surface area contributed by atoms with Crippen LogP contribution in [0.2, 0.25) is 0 Å². The van der Waals surface area contributed by atoms with Crippen LogP contribution in [0, 0.1) is 5.92 Å². The van der Waals surface area contributed by atoms with Gasteiger partial charge in [-0.2, -0.15) is 0 Å². The quantitative estimate of drug-likeness (QED) is 0.484. The lowest BCUT2D eigenvalue weighted by molar-refractivity contribution is 0.0841. The zero-order chi connectivity index (χ0) is 24.3. The van der Waals surface area contributed by atoms with Gasteiger partial charge in [-0.3, -0.25) is 4.79 Å². The summed E-state index contributed by atoms with van der Waals surface area (Å²) in [5.41, 5.74) is 3.39. The summed E-state index contributed by atoms with van der Waals surface area (Å²) in [6.07, 6.45) is 2.71. The van der Waals surface area contributed by atoms with E-state index >= 15 is 0 Å². The molecule has 2 N–H and O–H groups in total. The molecule has 33 heavy (non-hydrogen) atoms. The topological polar surface area (TPSA) is 85.2 Å². The van der Waals surface area contributed by atoms with Crippen LogP contribution in [0.15, 0.2) is 48.1 Å². The normalized spacial score (nSPS) is 15.8. The van der Waals surface area contributed by atoms with E-state index in [4.69, 9.17) is 14.2 Å². The van der Waals surface area contributed by atoms with E-state index in [0.29, 0.717) is 29.0 Å². The highest BCUT2D eigenvalue weighted by Gasteiger charge is 2.34. The summed E-state index contributed by atoms with van der Waals surface area (Å²) in [5, 5.41) is 21.5. The largest absolute Gasteiger partial charge is 0.507 e. The van der Waals surface area contributed by atoms with Gasteiger partial charge < -0.3 is 24.4 Å². The van der Waals surface area contributed by atoms with E-state index < -0.39 is 6.10 Å². The maximum atomic E-state index is 13.1. The minimum Gasteiger partial charge on any atom is -0.507 e. The molecule has 6 heteroatoms. The van der Waals surface area contributed by atoms with Crippen LogP contribution >= 0.6 is 0 Å². The zero-order valence-corrected chi connectivity index (χ0v) is 19.9. The van der Waals surface area contributed by atoms with Gasteiger partial charge in [0.05, 0.1) is 20.6 Å². The Morgan fingerprint density at radius 1 is 1.21 bits per heavy atom. The molecule has 1 aliphatic rings. The third kappa shape index (κ3) is 5.16. The number of carbonyl (C=O) groups excluding carboxylic acids is 1. The molecule has 2 atom stereocenters. The molecule has 0 aliphatic carbocycles. The van der Waals surface area contributed by atoms with Gasteiger partial charge >= 0.3 is 0 Å². The Balaban J connectivity index is 1.99. The third-order valence-corrected chi connectivity index (χ3v) is 6.01. The Labute approximate surface area is 195 Å². The molecule has 0 unspecified atom stereocenters. The number of fused-ring (bicyclic) bond motifs is 1. The first-order valence-corrected chi connectivity index (χ1v) is 10.9. The van der Waals surface area contributed by atoms with Crippen LogP contribution in [-0.4, -0.2) is 30.2 Å². The molecule has 0 amide bonds. The number of allylic oxidation sites excluding steroid dienone is 3. The van der Waals surface area contributed by atoms with Gasteiger partial charge in [-0.05, 0) is 51.7 Å². The number of rotatable bonds is 8. The van der Waals surface area contributed by atoms with Crippen molar-refractivity contribution in [3.05, 3.63) is 64.8 Å². The zero-order valence-electron chi connectivity index (χ0n) is 19.9. The van der Waals surface area contributed by atoms with Crippen molar-refractivity contribution in [2.45, 2.75) is 46.1 Å². The lowest BCUT2D eigenvalue weighted by Crippen LogP contribution is -2.21. The third-order valence-electron chi connectivity index (χ3n) is 6.01. The minimum atomic E-state index is -0.688. The van der Waals surface area contributed by atoms with Crippen molar-refractivity contribution in [1.29, 1.82) is 0 Å². The summed E-state index contributed by atoms with van der Waals surface area (Å²) >= 11 is 0. The molecule has 0 radical (unpaired) electrons. The molecule has 2 aromatic rings. The smallest absolute Gasteiger partial charge is 0.174 e. The molecule has 0 spiro atoms. The van der Waals surface area contributed by atoms with Gasteiger partial charge in [0, 0.05) is 23.3 Å². The fourth-order valence-corrected chi connectivity index (χ4v) is 4.05. The predicted octanol–water partition coefficient (Wildman–Crippen LogP) is 5.91. The maximum Gasteiger partial charge on any atom is 0.174 e. The van der Waals surface area contributed by atoms with E-state index in [9.17, 15) is 15.0 Å². The standard InChI is InChI=1S/C27H32O6/c1-15(2)7-8-17(16(3)4)11-20-23(32-6)14-25-26(27(20)30)22(29)13-24(33-25)19-10-9-18(31-5)12-21(19)28/h7,9-10,12,14,17,24,28,30H,3,8,11,13H2,1-2,4-6H3/t17-,24-/m0/s1. The summed E-state index contributed by atoms with van der Waals surface area (Å²) in [5.74, 6) is 0.878. The van der Waals surface area contributed by atoms with Crippen molar-refractivity contribution in [3.8, 4) is 28.7 Å². The van der Waals surface area contributed by atoms with E-state index in [-0.39, 0.29) is 40.9 Å². The number of phenolic OH excluding ortho intramolecular Hbond substituents is 2. The highest BCUT2D eigenvalue weighted by Crippen LogP contribution is 2.47. The van der Waals surface area contributed by atoms with E-state index in [1.54, 1.807) is 18.2 Å². The lowest BCUT2D eigenvalue weighted by atomic mass is 9.86. The second kappa shape index (κ2) is 10.0. The summed E-state index contributed by atoms with van der Waals surface area (Å²) < 4.78 is 16.8. The van der Waals surface area contributed by atoms with E-state index in [0.717, 1.165) is 12.0 Å². The Morgan fingerprint density at radius 2 is 1.94 bits per heavy atom. The molecule has 0 fully saturated rings. The first-order chi connectivity index (χ1) is 15.7.